The van der Waals surface area contributed by atoms with Gasteiger partial charge in [-0.3, -0.25) is 4.79 Å². The van der Waals surface area contributed by atoms with Crippen molar-refractivity contribution in [3.8, 4) is 0 Å². The first kappa shape index (κ1) is 16.7. The van der Waals surface area contributed by atoms with Crippen LogP contribution in [0.5, 0.6) is 0 Å². The highest BCUT2D eigenvalue weighted by Gasteiger charge is 2.37. The summed E-state index contributed by atoms with van der Waals surface area (Å²) in [4.78, 5) is 11.9. The molecule has 1 rings (SSSR count). The Kier molecular flexibility index (Phi) is 8.55. The maximum atomic E-state index is 11.9. The van der Waals surface area contributed by atoms with Gasteiger partial charge in [0.2, 0.25) is 0 Å². The zero-order valence-corrected chi connectivity index (χ0v) is 12.6. The van der Waals surface area contributed by atoms with Crippen molar-refractivity contribution < 1.29 is 4.79 Å². The van der Waals surface area contributed by atoms with E-state index < -0.39 is 0 Å². The van der Waals surface area contributed by atoms with Crippen LogP contribution in [-0.2, 0) is 4.79 Å². The molecule has 0 spiro atoms. The van der Waals surface area contributed by atoms with Gasteiger partial charge in [-0.15, -0.1) is 0 Å². The number of hydrogen-bond acceptors (Lipinski definition) is 1. The second-order valence-corrected chi connectivity index (χ2v) is 5.28. The molecular formula is C16H32O. The summed E-state index contributed by atoms with van der Waals surface area (Å²) in [6.45, 7) is 10.3. The topological polar surface area (TPSA) is 17.1 Å². The van der Waals surface area contributed by atoms with E-state index in [1.165, 1.54) is 32.1 Å². The van der Waals surface area contributed by atoms with Crippen molar-refractivity contribution in [3.63, 3.8) is 0 Å². The van der Waals surface area contributed by atoms with Gasteiger partial charge in [-0.2, -0.15) is 0 Å². The molecule has 0 aromatic heterocycles. The lowest BCUT2D eigenvalue weighted by Crippen LogP contribution is -2.33. The summed E-state index contributed by atoms with van der Waals surface area (Å²) in [5, 5.41) is 0. The lowest BCUT2D eigenvalue weighted by Gasteiger charge is -2.37. The van der Waals surface area contributed by atoms with Crippen LogP contribution in [0.15, 0.2) is 0 Å². The Bertz CT molecular complexity index is 198. The standard InChI is InChI=1S/C14H26O.C2H6/c1-4-13(5-2)11-14(12(3)15)9-7-6-8-10-14;1-2/h13H,4-11H2,1-3H3;1-2H3. The molecule has 1 aliphatic carbocycles. The number of carbonyl (C=O) groups is 1. The van der Waals surface area contributed by atoms with Crippen molar-refractivity contribution in [1.82, 2.24) is 0 Å². The van der Waals surface area contributed by atoms with E-state index in [0.29, 0.717) is 5.78 Å². The third-order valence-corrected chi connectivity index (χ3v) is 4.39. The van der Waals surface area contributed by atoms with Crippen LogP contribution in [0.3, 0.4) is 0 Å². The molecule has 0 unspecified atom stereocenters. The quantitative estimate of drug-likeness (QED) is 0.630. The number of hydrogen-bond donors (Lipinski definition) is 0. The molecule has 0 amide bonds. The van der Waals surface area contributed by atoms with Crippen molar-refractivity contribution in [1.29, 1.82) is 0 Å². The Hall–Kier alpha value is -0.330. The summed E-state index contributed by atoms with van der Waals surface area (Å²) in [5.74, 6) is 1.21. The van der Waals surface area contributed by atoms with Crippen LogP contribution in [-0.4, -0.2) is 5.78 Å². The molecule has 0 aliphatic heterocycles. The molecule has 1 fully saturated rings. The number of rotatable bonds is 5. The second-order valence-electron chi connectivity index (χ2n) is 5.28. The van der Waals surface area contributed by atoms with Crippen LogP contribution in [0, 0.1) is 11.3 Å². The first-order chi connectivity index (χ1) is 8.14. The average molecular weight is 240 g/mol. The molecule has 1 saturated carbocycles. The van der Waals surface area contributed by atoms with Crippen molar-refractivity contribution in [3.05, 3.63) is 0 Å². The molecule has 1 heteroatoms. The van der Waals surface area contributed by atoms with E-state index in [-0.39, 0.29) is 5.41 Å². The molecule has 0 atom stereocenters. The zero-order chi connectivity index (χ0) is 13.3. The van der Waals surface area contributed by atoms with Crippen molar-refractivity contribution in [2.45, 2.75) is 86.0 Å². The number of ketones is 1. The van der Waals surface area contributed by atoms with Gasteiger partial charge in [-0.05, 0) is 32.1 Å². The fourth-order valence-corrected chi connectivity index (χ4v) is 3.06. The van der Waals surface area contributed by atoms with Gasteiger partial charge in [-0.25, -0.2) is 0 Å². The average Bonchev–Trinajstić information content (AvgIpc) is 2.39. The smallest absolute Gasteiger partial charge is 0.135 e. The van der Waals surface area contributed by atoms with Gasteiger partial charge in [-0.1, -0.05) is 59.8 Å². The first-order valence-corrected chi connectivity index (χ1v) is 7.65. The van der Waals surface area contributed by atoms with Gasteiger partial charge in [0.15, 0.2) is 0 Å². The molecule has 0 aromatic carbocycles. The summed E-state index contributed by atoms with van der Waals surface area (Å²) >= 11 is 0. The molecule has 1 aliphatic rings. The van der Waals surface area contributed by atoms with Gasteiger partial charge in [0, 0.05) is 5.41 Å². The van der Waals surface area contributed by atoms with Crippen LogP contribution in [0.1, 0.15) is 86.0 Å². The van der Waals surface area contributed by atoms with E-state index in [9.17, 15) is 4.79 Å². The van der Waals surface area contributed by atoms with E-state index in [0.717, 1.165) is 25.2 Å². The molecule has 102 valence electrons. The second kappa shape index (κ2) is 8.72. The van der Waals surface area contributed by atoms with E-state index >= 15 is 0 Å². The molecule has 0 saturated heterocycles. The highest BCUT2D eigenvalue weighted by atomic mass is 16.1. The Morgan fingerprint density at radius 1 is 1.06 bits per heavy atom. The highest BCUT2D eigenvalue weighted by Crippen LogP contribution is 2.43. The predicted octanol–water partition coefficient (Wildman–Crippen LogP) is 5.38. The minimum atomic E-state index is 0.0644. The Morgan fingerprint density at radius 3 is 1.88 bits per heavy atom. The summed E-state index contributed by atoms with van der Waals surface area (Å²) in [7, 11) is 0. The van der Waals surface area contributed by atoms with Crippen LogP contribution in [0.2, 0.25) is 0 Å². The van der Waals surface area contributed by atoms with E-state index in [4.69, 9.17) is 0 Å². The van der Waals surface area contributed by atoms with E-state index in [2.05, 4.69) is 13.8 Å². The zero-order valence-electron chi connectivity index (χ0n) is 12.6. The molecule has 0 radical (unpaired) electrons. The van der Waals surface area contributed by atoms with Crippen molar-refractivity contribution >= 4 is 5.78 Å². The van der Waals surface area contributed by atoms with Crippen LogP contribution >= 0.6 is 0 Å². The molecule has 0 aromatic rings. The summed E-state index contributed by atoms with van der Waals surface area (Å²) in [6, 6.07) is 0. The molecule has 0 heterocycles. The van der Waals surface area contributed by atoms with Crippen LogP contribution in [0.25, 0.3) is 0 Å². The molecule has 0 N–H and O–H groups in total. The number of Topliss-reactive ketones (excluding diaryl/α,β-unsaturated/α-hetero) is 1. The molecule has 0 bridgehead atoms. The van der Waals surface area contributed by atoms with Crippen molar-refractivity contribution in [2.75, 3.05) is 0 Å². The Morgan fingerprint density at radius 2 is 1.53 bits per heavy atom. The van der Waals surface area contributed by atoms with Crippen molar-refractivity contribution in [2.24, 2.45) is 11.3 Å². The van der Waals surface area contributed by atoms with Gasteiger partial charge < -0.3 is 0 Å². The predicted molar refractivity (Wildman–Crippen MR) is 76.2 cm³/mol. The normalized spacial score (nSPS) is 18.5. The van der Waals surface area contributed by atoms with Crippen LogP contribution < -0.4 is 0 Å². The lowest BCUT2D eigenvalue weighted by molar-refractivity contribution is -0.129. The Balaban J connectivity index is 0.00000121. The summed E-state index contributed by atoms with van der Waals surface area (Å²) in [6.07, 6.45) is 9.77. The maximum absolute atomic E-state index is 11.9. The fraction of sp³-hybridized carbons (Fsp3) is 0.938. The summed E-state index contributed by atoms with van der Waals surface area (Å²) < 4.78 is 0. The SMILES string of the molecule is CC.CCC(CC)CC1(C(C)=O)CCCCC1. The monoisotopic (exact) mass is 240 g/mol. The third-order valence-electron chi connectivity index (χ3n) is 4.39. The van der Waals surface area contributed by atoms with E-state index in [1.54, 1.807) is 0 Å². The summed E-state index contributed by atoms with van der Waals surface area (Å²) in [5.41, 5.74) is 0.0644. The molecule has 17 heavy (non-hydrogen) atoms. The highest BCUT2D eigenvalue weighted by molar-refractivity contribution is 5.82. The van der Waals surface area contributed by atoms with Gasteiger partial charge in [0.1, 0.15) is 5.78 Å². The van der Waals surface area contributed by atoms with Gasteiger partial charge in [0.05, 0.1) is 0 Å². The Labute approximate surface area is 108 Å². The maximum Gasteiger partial charge on any atom is 0.135 e. The van der Waals surface area contributed by atoms with Crippen LogP contribution in [0.4, 0.5) is 0 Å². The molecular weight excluding hydrogens is 208 g/mol. The minimum absolute atomic E-state index is 0.0644. The lowest BCUT2D eigenvalue weighted by atomic mass is 9.66. The largest absolute Gasteiger partial charge is 0.299 e. The van der Waals surface area contributed by atoms with E-state index in [1.807, 2.05) is 20.8 Å². The number of carbonyl (C=O) groups excluding carboxylic acids is 1. The van der Waals surface area contributed by atoms with Gasteiger partial charge >= 0.3 is 0 Å². The van der Waals surface area contributed by atoms with Gasteiger partial charge in [0.25, 0.3) is 0 Å². The minimum Gasteiger partial charge on any atom is -0.299 e. The fourth-order valence-electron chi connectivity index (χ4n) is 3.06. The molecule has 1 nitrogen and oxygen atoms in total. The first-order valence-electron chi connectivity index (χ1n) is 7.65. The third kappa shape index (κ3) is 4.81.